The minimum atomic E-state index is -0.353. The number of benzene rings is 1. The summed E-state index contributed by atoms with van der Waals surface area (Å²) in [6.07, 6.45) is 0.252. The van der Waals surface area contributed by atoms with E-state index in [4.69, 9.17) is 11.6 Å². The molecule has 1 aromatic carbocycles. The van der Waals surface area contributed by atoms with Gasteiger partial charge in [-0.05, 0) is 55.1 Å². The maximum absolute atomic E-state index is 10.6. The van der Waals surface area contributed by atoms with Crippen LogP contribution < -0.4 is 0 Å². The highest BCUT2D eigenvalue weighted by Crippen LogP contribution is 2.27. The number of halogens is 3. The molecule has 0 unspecified atom stereocenters. The van der Waals surface area contributed by atoms with Crippen LogP contribution in [0, 0.1) is 0 Å². The molecule has 0 spiro atoms. The summed E-state index contributed by atoms with van der Waals surface area (Å²) in [5, 5.41) is -0.353. The van der Waals surface area contributed by atoms with Crippen LogP contribution >= 0.6 is 43.5 Å². The Balaban J connectivity index is 3.00. The van der Waals surface area contributed by atoms with Crippen molar-refractivity contribution < 1.29 is 4.79 Å². The molecule has 0 N–H and O–H groups in total. The molecule has 0 amide bonds. The summed E-state index contributed by atoms with van der Waals surface area (Å²) in [5.41, 5.74) is 0.893. The van der Waals surface area contributed by atoms with Gasteiger partial charge in [-0.2, -0.15) is 0 Å². The van der Waals surface area contributed by atoms with E-state index in [0.717, 1.165) is 14.5 Å². The van der Waals surface area contributed by atoms with Gasteiger partial charge in [-0.1, -0.05) is 12.1 Å². The van der Waals surface area contributed by atoms with Crippen LogP contribution in [-0.4, -0.2) is 5.24 Å². The van der Waals surface area contributed by atoms with E-state index in [0.29, 0.717) is 0 Å². The Hall–Kier alpha value is 0.140. The minimum Gasteiger partial charge on any atom is -0.281 e. The van der Waals surface area contributed by atoms with E-state index in [9.17, 15) is 4.79 Å². The third kappa shape index (κ3) is 2.57. The molecule has 0 radical (unpaired) electrons. The fourth-order valence-corrected chi connectivity index (χ4v) is 1.79. The highest BCUT2D eigenvalue weighted by atomic mass is 79.9. The molecule has 64 valence electrons. The zero-order valence-corrected chi connectivity index (χ0v) is 9.91. The van der Waals surface area contributed by atoms with Gasteiger partial charge >= 0.3 is 0 Å². The van der Waals surface area contributed by atoms with Gasteiger partial charge in [-0.25, -0.2) is 0 Å². The van der Waals surface area contributed by atoms with Crippen LogP contribution in [0.1, 0.15) is 5.56 Å². The predicted octanol–water partition coefficient (Wildman–Crippen LogP) is 3.52. The molecule has 4 heteroatoms. The Morgan fingerprint density at radius 1 is 1.42 bits per heavy atom. The largest absolute Gasteiger partial charge is 0.281 e. The fraction of sp³-hybridized carbons (Fsp3) is 0.125. The van der Waals surface area contributed by atoms with Crippen LogP contribution in [0.2, 0.25) is 0 Å². The molecular weight excluding hydrogens is 307 g/mol. The molecule has 0 atom stereocenters. The number of hydrogen-bond acceptors (Lipinski definition) is 1. The molecule has 0 aliphatic rings. The van der Waals surface area contributed by atoms with Crippen LogP contribution in [0.4, 0.5) is 0 Å². The SMILES string of the molecule is O=C(Cl)Cc1cccc(Br)c1Br. The van der Waals surface area contributed by atoms with Crippen molar-refractivity contribution in [3.05, 3.63) is 32.7 Å². The summed E-state index contributed by atoms with van der Waals surface area (Å²) in [4.78, 5) is 10.6. The minimum absolute atomic E-state index is 0.252. The first-order chi connectivity index (χ1) is 5.61. The normalized spacial score (nSPS) is 9.92. The summed E-state index contributed by atoms with van der Waals surface area (Å²) in [6, 6.07) is 5.62. The quantitative estimate of drug-likeness (QED) is 0.764. The van der Waals surface area contributed by atoms with Gasteiger partial charge in [0.2, 0.25) is 5.24 Å². The van der Waals surface area contributed by atoms with Gasteiger partial charge in [0.1, 0.15) is 0 Å². The first kappa shape index (κ1) is 10.2. The fourth-order valence-electron chi connectivity index (χ4n) is 0.835. The highest BCUT2D eigenvalue weighted by molar-refractivity contribution is 9.13. The van der Waals surface area contributed by atoms with Crippen molar-refractivity contribution in [1.29, 1.82) is 0 Å². The molecule has 12 heavy (non-hydrogen) atoms. The highest BCUT2D eigenvalue weighted by Gasteiger charge is 2.05. The lowest BCUT2D eigenvalue weighted by atomic mass is 10.2. The Kier molecular flexibility index (Phi) is 3.75. The van der Waals surface area contributed by atoms with E-state index in [1.807, 2.05) is 18.2 Å². The lowest BCUT2D eigenvalue weighted by molar-refractivity contribution is -0.111. The van der Waals surface area contributed by atoms with Crippen molar-refractivity contribution in [3.8, 4) is 0 Å². The van der Waals surface area contributed by atoms with E-state index in [1.54, 1.807) is 0 Å². The van der Waals surface area contributed by atoms with Gasteiger partial charge < -0.3 is 0 Å². The Morgan fingerprint density at radius 3 is 2.67 bits per heavy atom. The number of hydrogen-bond donors (Lipinski definition) is 0. The standard InChI is InChI=1S/C8H5Br2ClO/c9-6-3-1-2-5(8(6)10)4-7(11)12/h1-3H,4H2. The molecule has 0 heterocycles. The second-order valence-corrected chi connectivity index (χ2v) is 4.31. The Labute approximate surface area is 92.4 Å². The van der Waals surface area contributed by atoms with Crippen molar-refractivity contribution in [3.63, 3.8) is 0 Å². The topological polar surface area (TPSA) is 17.1 Å². The Morgan fingerprint density at radius 2 is 2.08 bits per heavy atom. The third-order valence-electron chi connectivity index (χ3n) is 1.36. The lowest BCUT2D eigenvalue weighted by Crippen LogP contribution is -1.94. The summed E-state index contributed by atoms with van der Waals surface area (Å²) >= 11 is 11.9. The molecule has 0 bridgehead atoms. The van der Waals surface area contributed by atoms with Crippen molar-refractivity contribution in [1.82, 2.24) is 0 Å². The average Bonchev–Trinajstić information content (AvgIpc) is 1.98. The van der Waals surface area contributed by atoms with E-state index in [1.165, 1.54) is 0 Å². The van der Waals surface area contributed by atoms with Gasteiger partial charge in [0.25, 0.3) is 0 Å². The summed E-state index contributed by atoms with van der Waals surface area (Å²) in [6.45, 7) is 0. The second-order valence-electron chi connectivity index (χ2n) is 2.24. The molecule has 1 rings (SSSR count). The van der Waals surface area contributed by atoms with Gasteiger partial charge in [0.05, 0.1) is 0 Å². The maximum atomic E-state index is 10.6. The van der Waals surface area contributed by atoms with Crippen molar-refractivity contribution in [2.24, 2.45) is 0 Å². The van der Waals surface area contributed by atoms with Gasteiger partial charge in [-0.15, -0.1) is 0 Å². The van der Waals surface area contributed by atoms with Crippen LogP contribution in [0.5, 0.6) is 0 Å². The number of carbonyl (C=O) groups excluding carboxylic acids is 1. The number of carbonyl (C=O) groups is 1. The summed E-state index contributed by atoms with van der Waals surface area (Å²) in [5.74, 6) is 0. The van der Waals surface area contributed by atoms with E-state index in [2.05, 4.69) is 31.9 Å². The van der Waals surface area contributed by atoms with E-state index in [-0.39, 0.29) is 11.7 Å². The monoisotopic (exact) mass is 310 g/mol. The van der Waals surface area contributed by atoms with Crippen LogP contribution in [0.15, 0.2) is 27.1 Å². The molecule has 0 saturated heterocycles. The molecule has 1 aromatic rings. The first-order valence-corrected chi connectivity index (χ1v) is 5.19. The molecule has 0 fully saturated rings. The average molecular weight is 312 g/mol. The van der Waals surface area contributed by atoms with Crippen LogP contribution in [0.3, 0.4) is 0 Å². The Bertz CT molecular complexity index is 312. The van der Waals surface area contributed by atoms with Crippen LogP contribution in [-0.2, 0) is 11.2 Å². The van der Waals surface area contributed by atoms with Gasteiger partial charge in [-0.3, -0.25) is 4.79 Å². The van der Waals surface area contributed by atoms with E-state index < -0.39 is 0 Å². The molecule has 0 aromatic heterocycles. The second kappa shape index (κ2) is 4.40. The molecule has 0 aliphatic carbocycles. The predicted molar refractivity (Wildman–Crippen MR) is 56.4 cm³/mol. The molecule has 0 aliphatic heterocycles. The maximum Gasteiger partial charge on any atom is 0.226 e. The van der Waals surface area contributed by atoms with Crippen molar-refractivity contribution >= 4 is 48.7 Å². The number of rotatable bonds is 2. The molecular formula is C8H5Br2ClO. The molecule has 1 nitrogen and oxygen atoms in total. The van der Waals surface area contributed by atoms with Crippen LogP contribution in [0.25, 0.3) is 0 Å². The smallest absolute Gasteiger partial charge is 0.226 e. The van der Waals surface area contributed by atoms with Gasteiger partial charge in [0.15, 0.2) is 0 Å². The summed E-state index contributed by atoms with van der Waals surface area (Å²) in [7, 11) is 0. The zero-order chi connectivity index (χ0) is 9.14. The summed E-state index contributed by atoms with van der Waals surface area (Å²) < 4.78 is 1.82. The first-order valence-electron chi connectivity index (χ1n) is 3.22. The van der Waals surface area contributed by atoms with E-state index >= 15 is 0 Å². The molecule has 0 saturated carbocycles. The lowest BCUT2D eigenvalue weighted by Gasteiger charge is -2.01. The van der Waals surface area contributed by atoms with Crippen molar-refractivity contribution in [2.45, 2.75) is 6.42 Å². The van der Waals surface area contributed by atoms with Crippen molar-refractivity contribution in [2.75, 3.05) is 0 Å². The third-order valence-corrected chi connectivity index (χ3v) is 3.62. The van der Waals surface area contributed by atoms with Gasteiger partial charge in [0, 0.05) is 15.4 Å². The zero-order valence-electron chi connectivity index (χ0n) is 5.98.